The number of hydrogen-bond acceptors (Lipinski definition) is 1. The Morgan fingerprint density at radius 3 is 1.47 bits per heavy atom. The van der Waals surface area contributed by atoms with Gasteiger partial charge >= 0.3 is 0 Å². The number of rotatable bonds is 2. The van der Waals surface area contributed by atoms with Crippen molar-refractivity contribution >= 4 is 53.9 Å². The van der Waals surface area contributed by atoms with Crippen molar-refractivity contribution in [2.24, 2.45) is 0 Å². The average molecular weight is 571 g/mol. The van der Waals surface area contributed by atoms with Gasteiger partial charge in [0.2, 0.25) is 0 Å². The summed E-state index contributed by atoms with van der Waals surface area (Å²) in [5.41, 5.74) is 7.33. The van der Waals surface area contributed by atoms with Crippen molar-refractivity contribution in [2.45, 2.75) is 0 Å². The lowest BCUT2D eigenvalue weighted by Gasteiger charge is -2.23. The largest absolute Gasteiger partial charge is 0.456 e. The minimum absolute atomic E-state index is 0.899. The predicted molar refractivity (Wildman–Crippen MR) is 190 cm³/mol. The highest BCUT2D eigenvalue weighted by molar-refractivity contribution is 6.27. The molecule has 0 amide bonds. The highest BCUT2D eigenvalue weighted by Gasteiger charge is 2.23. The molecule has 0 atom stereocenters. The van der Waals surface area contributed by atoms with Gasteiger partial charge in [-0.3, -0.25) is 0 Å². The SMILES string of the molecule is c1ccc2c(-c3c4ccccc4c(-c4ccc5c(c4)Oc4cccc6cccc-5c46)c4ccccc34)c3ccccc3cc2c1. The van der Waals surface area contributed by atoms with Crippen molar-refractivity contribution in [3.63, 3.8) is 0 Å². The van der Waals surface area contributed by atoms with Gasteiger partial charge in [-0.25, -0.2) is 0 Å². The zero-order chi connectivity index (χ0) is 29.5. The standard InChI is InChI=1S/C44H26O/c1-3-15-31-28(11-1)25-29-12-2-4-16-32(29)43(31)44-37-19-7-5-17-35(37)41(36-18-6-8-20-38(36)44)30-23-24-33-34-21-9-13-27-14-10-22-39(42(27)34)45-40(33)26-30/h1-26H. The maximum absolute atomic E-state index is 6.63. The molecular weight excluding hydrogens is 544 g/mol. The molecule has 208 valence electrons. The third kappa shape index (κ3) is 3.50. The van der Waals surface area contributed by atoms with E-state index in [0.717, 1.165) is 22.6 Å². The monoisotopic (exact) mass is 570 g/mol. The summed E-state index contributed by atoms with van der Waals surface area (Å²) >= 11 is 0. The van der Waals surface area contributed by atoms with Crippen molar-refractivity contribution < 1.29 is 4.74 Å². The number of hydrogen-bond donors (Lipinski definition) is 0. The van der Waals surface area contributed by atoms with Crippen molar-refractivity contribution in [3.05, 3.63) is 158 Å². The van der Waals surface area contributed by atoms with Gasteiger partial charge < -0.3 is 4.74 Å². The highest BCUT2D eigenvalue weighted by atomic mass is 16.5. The maximum Gasteiger partial charge on any atom is 0.135 e. The van der Waals surface area contributed by atoms with Crippen LogP contribution in [0.15, 0.2) is 158 Å². The van der Waals surface area contributed by atoms with Gasteiger partial charge in [-0.15, -0.1) is 0 Å². The molecule has 0 spiro atoms. The van der Waals surface area contributed by atoms with E-state index >= 15 is 0 Å². The molecule has 0 fully saturated rings. The third-order valence-corrected chi connectivity index (χ3v) is 9.60. The minimum Gasteiger partial charge on any atom is -0.456 e. The summed E-state index contributed by atoms with van der Waals surface area (Å²) in [7, 11) is 0. The Bertz CT molecular complexity index is 2560. The van der Waals surface area contributed by atoms with E-state index in [-0.39, 0.29) is 0 Å². The lowest BCUT2D eigenvalue weighted by Crippen LogP contribution is -1.98. The van der Waals surface area contributed by atoms with E-state index in [1.807, 2.05) is 0 Å². The molecule has 1 heterocycles. The normalized spacial score (nSPS) is 12.2. The minimum atomic E-state index is 0.899. The maximum atomic E-state index is 6.63. The van der Waals surface area contributed by atoms with Gasteiger partial charge in [-0.1, -0.05) is 133 Å². The first kappa shape index (κ1) is 24.5. The zero-order valence-corrected chi connectivity index (χ0v) is 24.4. The summed E-state index contributed by atoms with van der Waals surface area (Å²) in [5, 5.41) is 12.4. The van der Waals surface area contributed by atoms with E-state index in [4.69, 9.17) is 4.74 Å². The smallest absolute Gasteiger partial charge is 0.135 e. The summed E-state index contributed by atoms with van der Waals surface area (Å²) in [6, 6.07) is 57.3. The van der Waals surface area contributed by atoms with Crippen LogP contribution in [-0.2, 0) is 0 Å². The molecule has 0 saturated carbocycles. The Balaban J connectivity index is 1.30. The fraction of sp³-hybridized carbons (Fsp3) is 0. The Morgan fingerprint density at radius 1 is 0.311 bits per heavy atom. The summed E-state index contributed by atoms with van der Waals surface area (Å²) in [5.74, 6) is 1.82. The zero-order valence-electron chi connectivity index (χ0n) is 24.4. The number of ether oxygens (including phenoxy) is 1. The first-order chi connectivity index (χ1) is 22.3. The molecule has 1 heteroatoms. The van der Waals surface area contributed by atoms with Crippen LogP contribution in [0, 0.1) is 0 Å². The van der Waals surface area contributed by atoms with E-state index in [9.17, 15) is 0 Å². The van der Waals surface area contributed by atoms with E-state index in [1.54, 1.807) is 0 Å². The van der Waals surface area contributed by atoms with Crippen LogP contribution < -0.4 is 4.74 Å². The van der Waals surface area contributed by atoms with Crippen molar-refractivity contribution in [3.8, 4) is 44.9 Å². The quantitative estimate of drug-likeness (QED) is 0.188. The van der Waals surface area contributed by atoms with Crippen LogP contribution >= 0.6 is 0 Å². The molecule has 1 aliphatic rings. The number of benzene rings is 9. The van der Waals surface area contributed by atoms with E-state index in [0.29, 0.717) is 0 Å². The Labute approximate surface area is 260 Å². The van der Waals surface area contributed by atoms with Crippen molar-refractivity contribution in [2.75, 3.05) is 0 Å². The van der Waals surface area contributed by atoms with Crippen LogP contribution in [0.25, 0.3) is 87.2 Å². The fourth-order valence-corrected chi connectivity index (χ4v) is 7.71. The van der Waals surface area contributed by atoms with Crippen LogP contribution in [0.4, 0.5) is 0 Å². The molecular formula is C44H26O. The highest BCUT2D eigenvalue weighted by Crippen LogP contribution is 2.51. The first-order valence-electron chi connectivity index (χ1n) is 15.5. The Morgan fingerprint density at radius 2 is 0.822 bits per heavy atom. The van der Waals surface area contributed by atoms with E-state index < -0.39 is 0 Å². The van der Waals surface area contributed by atoms with Crippen LogP contribution in [0.1, 0.15) is 0 Å². The van der Waals surface area contributed by atoms with Crippen LogP contribution in [0.2, 0.25) is 0 Å². The summed E-state index contributed by atoms with van der Waals surface area (Å²) < 4.78 is 6.63. The van der Waals surface area contributed by atoms with Gasteiger partial charge in [-0.2, -0.15) is 0 Å². The van der Waals surface area contributed by atoms with Crippen LogP contribution in [0.3, 0.4) is 0 Å². The molecule has 0 aliphatic carbocycles. The third-order valence-electron chi connectivity index (χ3n) is 9.60. The van der Waals surface area contributed by atoms with Gasteiger partial charge in [0.05, 0.1) is 0 Å². The lowest BCUT2D eigenvalue weighted by molar-refractivity contribution is 0.487. The lowest BCUT2D eigenvalue weighted by atomic mass is 9.82. The molecule has 0 saturated heterocycles. The van der Waals surface area contributed by atoms with Crippen molar-refractivity contribution in [1.29, 1.82) is 0 Å². The topological polar surface area (TPSA) is 9.23 Å². The molecule has 45 heavy (non-hydrogen) atoms. The second kappa shape index (κ2) is 9.29. The molecule has 9 aromatic rings. The molecule has 0 bridgehead atoms. The fourth-order valence-electron chi connectivity index (χ4n) is 7.71. The Hall–Kier alpha value is -5.92. The molecule has 0 radical (unpaired) electrons. The molecule has 0 unspecified atom stereocenters. The summed E-state index contributed by atoms with van der Waals surface area (Å²) in [4.78, 5) is 0. The van der Waals surface area contributed by atoms with E-state index in [2.05, 4.69) is 158 Å². The molecule has 1 aliphatic heterocycles. The molecule has 0 N–H and O–H groups in total. The van der Waals surface area contributed by atoms with E-state index in [1.165, 1.54) is 76.1 Å². The van der Waals surface area contributed by atoms with Gasteiger partial charge in [0, 0.05) is 10.9 Å². The molecule has 10 rings (SSSR count). The van der Waals surface area contributed by atoms with Crippen molar-refractivity contribution in [1.82, 2.24) is 0 Å². The van der Waals surface area contributed by atoms with Gasteiger partial charge in [0.1, 0.15) is 11.5 Å². The predicted octanol–water partition coefficient (Wildman–Crippen LogP) is 12.6. The van der Waals surface area contributed by atoms with Gasteiger partial charge in [-0.05, 0) is 101 Å². The number of fused-ring (bicyclic) bond motifs is 6. The Kier molecular flexibility index (Phi) is 5.06. The second-order valence-corrected chi connectivity index (χ2v) is 12.0. The molecule has 1 nitrogen and oxygen atoms in total. The molecule has 9 aromatic carbocycles. The van der Waals surface area contributed by atoms with Gasteiger partial charge in [0.25, 0.3) is 0 Å². The first-order valence-corrected chi connectivity index (χ1v) is 15.5. The average Bonchev–Trinajstić information content (AvgIpc) is 3.10. The summed E-state index contributed by atoms with van der Waals surface area (Å²) in [6.45, 7) is 0. The van der Waals surface area contributed by atoms with Gasteiger partial charge in [0.15, 0.2) is 0 Å². The van der Waals surface area contributed by atoms with Crippen LogP contribution in [0.5, 0.6) is 11.5 Å². The summed E-state index contributed by atoms with van der Waals surface area (Å²) in [6.07, 6.45) is 0. The molecule has 0 aromatic heterocycles. The second-order valence-electron chi connectivity index (χ2n) is 12.0. The van der Waals surface area contributed by atoms with Crippen LogP contribution in [-0.4, -0.2) is 0 Å².